The minimum absolute atomic E-state index is 0.298. The molecule has 0 saturated carbocycles. The summed E-state index contributed by atoms with van der Waals surface area (Å²) >= 11 is 4.88. The van der Waals surface area contributed by atoms with Gasteiger partial charge < -0.3 is 10.6 Å². The molecule has 0 atom stereocenters. The van der Waals surface area contributed by atoms with Crippen LogP contribution in [0.2, 0.25) is 0 Å². The van der Waals surface area contributed by atoms with Crippen molar-refractivity contribution in [2.24, 2.45) is 0 Å². The Balaban J connectivity index is 1.78. The number of rotatable bonds is 5. The fourth-order valence-corrected chi connectivity index (χ4v) is 3.54. The SMILES string of the molecule is COc1ccc(CSc2nnc(-c3ccccc3F)n2N)cc1Br. The van der Waals surface area contributed by atoms with Crippen LogP contribution < -0.4 is 10.6 Å². The van der Waals surface area contributed by atoms with Crippen LogP contribution in [-0.2, 0) is 5.75 Å². The van der Waals surface area contributed by atoms with Crippen molar-refractivity contribution in [3.63, 3.8) is 0 Å². The van der Waals surface area contributed by atoms with Gasteiger partial charge in [-0.1, -0.05) is 30.0 Å². The van der Waals surface area contributed by atoms with E-state index in [1.807, 2.05) is 18.2 Å². The number of nitrogen functional groups attached to an aromatic ring is 1. The maximum absolute atomic E-state index is 13.9. The predicted octanol–water partition coefficient (Wildman–Crippen LogP) is 3.86. The van der Waals surface area contributed by atoms with Crippen LogP contribution in [0, 0.1) is 5.82 Å². The number of hydrogen-bond donors (Lipinski definition) is 1. The maximum atomic E-state index is 13.9. The highest BCUT2D eigenvalue weighted by atomic mass is 79.9. The second-order valence-electron chi connectivity index (χ2n) is 4.91. The monoisotopic (exact) mass is 408 g/mol. The van der Waals surface area contributed by atoms with Crippen molar-refractivity contribution in [1.29, 1.82) is 0 Å². The lowest BCUT2D eigenvalue weighted by Gasteiger charge is -2.07. The van der Waals surface area contributed by atoms with E-state index >= 15 is 0 Å². The molecular weight excluding hydrogens is 395 g/mol. The number of ether oxygens (including phenoxy) is 1. The zero-order valence-corrected chi connectivity index (χ0v) is 15.1. The maximum Gasteiger partial charge on any atom is 0.210 e. The first-order chi connectivity index (χ1) is 11.6. The van der Waals surface area contributed by atoms with Crippen LogP contribution in [0.25, 0.3) is 11.4 Å². The summed E-state index contributed by atoms with van der Waals surface area (Å²) in [6.07, 6.45) is 0. The van der Waals surface area contributed by atoms with Gasteiger partial charge in [0.15, 0.2) is 5.82 Å². The molecule has 0 fully saturated rings. The molecule has 0 aliphatic rings. The molecule has 3 rings (SSSR count). The van der Waals surface area contributed by atoms with Crippen molar-refractivity contribution in [2.75, 3.05) is 13.0 Å². The summed E-state index contributed by atoms with van der Waals surface area (Å²) in [7, 11) is 1.62. The number of benzene rings is 2. The molecule has 1 heterocycles. The number of halogens is 2. The molecular formula is C16H14BrFN4OS. The third-order valence-corrected chi connectivity index (χ3v) is 5.00. The minimum Gasteiger partial charge on any atom is -0.496 e. The zero-order valence-electron chi connectivity index (χ0n) is 12.7. The molecule has 5 nitrogen and oxygen atoms in total. The lowest BCUT2D eigenvalue weighted by atomic mass is 10.2. The van der Waals surface area contributed by atoms with Gasteiger partial charge >= 0.3 is 0 Å². The van der Waals surface area contributed by atoms with E-state index in [9.17, 15) is 4.39 Å². The fourth-order valence-electron chi connectivity index (χ4n) is 2.15. The topological polar surface area (TPSA) is 66.0 Å². The van der Waals surface area contributed by atoms with Gasteiger partial charge in [0.05, 0.1) is 17.1 Å². The van der Waals surface area contributed by atoms with E-state index in [1.165, 1.54) is 22.5 Å². The van der Waals surface area contributed by atoms with Crippen LogP contribution in [0.15, 0.2) is 52.1 Å². The van der Waals surface area contributed by atoms with Gasteiger partial charge in [-0.25, -0.2) is 9.07 Å². The molecule has 0 spiro atoms. The Morgan fingerprint density at radius 3 is 2.75 bits per heavy atom. The molecule has 1 aromatic heterocycles. The highest BCUT2D eigenvalue weighted by Crippen LogP contribution is 2.29. The summed E-state index contributed by atoms with van der Waals surface area (Å²) in [6.45, 7) is 0. The normalized spacial score (nSPS) is 10.8. The van der Waals surface area contributed by atoms with Gasteiger partial charge in [0.2, 0.25) is 5.16 Å². The highest BCUT2D eigenvalue weighted by molar-refractivity contribution is 9.10. The van der Waals surface area contributed by atoms with Gasteiger partial charge in [0.25, 0.3) is 0 Å². The lowest BCUT2D eigenvalue weighted by molar-refractivity contribution is 0.412. The molecule has 0 aliphatic heterocycles. The van der Waals surface area contributed by atoms with Gasteiger partial charge in [-0.2, -0.15) is 0 Å². The minimum atomic E-state index is -0.382. The molecule has 24 heavy (non-hydrogen) atoms. The summed E-state index contributed by atoms with van der Waals surface area (Å²) in [6, 6.07) is 12.2. The van der Waals surface area contributed by atoms with Crippen molar-refractivity contribution in [2.45, 2.75) is 10.9 Å². The van der Waals surface area contributed by atoms with Crippen LogP contribution in [0.3, 0.4) is 0 Å². The van der Waals surface area contributed by atoms with Crippen molar-refractivity contribution in [1.82, 2.24) is 14.9 Å². The van der Waals surface area contributed by atoms with Crippen LogP contribution in [-0.4, -0.2) is 22.0 Å². The molecule has 3 aromatic rings. The third kappa shape index (κ3) is 3.39. The summed E-state index contributed by atoms with van der Waals surface area (Å²) in [4.78, 5) is 0. The Morgan fingerprint density at radius 1 is 1.25 bits per heavy atom. The average Bonchev–Trinajstić information content (AvgIpc) is 2.94. The smallest absolute Gasteiger partial charge is 0.210 e. The number of methoxy groups -OCH3 is 1. The molecule has 2 N–H and O–H groups in total. The number of thioether (sulfide) groups is 1. The summed E-state index contributed by atoms with van der Waals surface area (Å²) in [5.74, 6) is 7.35. The zero-order chi connectivity index (χ0) is 17.1. The standard InChI is InChI=1S/C16H14BrFN4OS/c1-23-14-7-6-10(8-12(14)17)9-24-16-21-20-15(22(16)19)11-4-2-3-5-13(11)18/h2-8H,9,19H2,1H3. The van der Waals surface area contributed by atoms with Gasteiger partial charge in [-0.3, -0.25) is 0 Å². The largest absolute Gasteiger partial charge is 0.496 e. The lowest BCUT2D eigenvalue weighted by Crippen LogP contribution is -2.12. The Labute approximate surface area is 151 Å². The quantitative estimate of drug-likeness (QED) is 0.512. The number of nitrogens with zero attached hydrogens (tertiary/aromatic N) is 3. The van der Waals surface area contributed by atoms with E-state index in [0.717, 1.165) is 15.8 Å². The molecule has 0 amide bonds. The van der Waals surface area contributed by atoms with Gasteiger partial charge in [0, 0.05) is 5.75 Å². The summed E-state index contributed by atoms with van der Waals surface area (Å²) < 4.78 is 21.3. The Hall–Kier alpha value is -2.06. The first-order valence-electron chi connectivity index (χ1n) is 7.00. The van der Waals surface area contributed by atoms with E-state index in [2.05, 4.69) is 26.1 Å². The van der Waals surface area contributed by atoms with Crippen molar-refractivity contribution in [3.8, 4) is 17.1 Å². The van der Waals surface area contributed by atoms with Crippen LogP contribution in [0.1, 0.15) is 5.56 Å². The number of aromatic nitrogens is 3. The molecule has 0 radical (unpaired) electrons. The summed E-state index contributed by atoms with van der Waals surface area (Å²) in [5.41, 5.74) is 1.40. The summed E-state index contributed by atoms with van der Waals surface area (Å²) in [5, 5.41) is 8.57. The first-order valence-corrected chi connectivity index (χ1v) is 8.78. The molecule has 0 unspecified atom stereocenters. The molecule has 0 bridgehead atoms. The van der Waals surface area contributed by atoms with Crippen molar-refractivity contribution in [3.05, 3.63) is 58.3 Å². The van der Waals surface area contributed by atoms with Gasteiger partial charge in [0.1, 0.15) is 11.6 Å². The fraction of sp³-hybridized carbons (Fsp3) is 0.125. The van der Waals surface area contributed by atoms with Crippen molar-refractivity contribution < 1.29 is 9.13 Å². The number of hydrogen-bond acceptors (Lipinski definition) is 5. The van der Waals surface area contributed by atoms with Crippen LogP contribution >= 0.6 is 27.7 Å². The van der Waals surface area contributed by atoms with Crippen LogP contribution in [0.5, 0.6) is 5.75 Å². The van der Waals surface area contributed by atoms with E-state index in [4.69, 9.17) is 10.6 Å². The van der Waals surface area contributed by atoms with E-state index in [0.29, 0.717) is 22.3 Å². The Bertz CT molecular complexity index is 871. The van der Waals surface area contributed by atoms with Crippen LogP contribution in [0.4, 0.5) is 4.39 Å². The van der Waals surface area contributed by atoms with E-state index in [1.54, 1.807) is 25.3 Å². The second-order valence-corrected chi connectivity index (χ2v) is 6.71. The predicted molar refractivity (Wildman–Crippen MR) is 95.8 cm³/mol. The Morgan fingerprint density at radius 2 is 2.04 bits per heavy atom. The third-order valence-electron chi connectivity index (χ3n) is 3.36. The second kappa shape index (κ2) is 7.23. The Kier molecular flexibility index (Phi) is 5.06. The number of nitrogens with two attached hydrogens (primary N) is 1. The van der Waals surface area contributed by atoms with Crippen molar-refractivity contribution >= 4 is 27.7 Å². The first kappa shape index (κ1) is 16.8. The van der Waals surface area contributed by atoms with E-state index < -0.39 is 0 Å². The molecule has 124 valence electrons. The molecule has 0 saturated heterocycles. The molecule has 8 heteroatoms. The molecule has 0 aliphatic carbocycles. The van der Waals surface area contributed by atoms with Gasteiger partial charge in [-0.05, 0) is 45.8 Å². The average molecular weight is 409 g/mol. The highest BCUT2D eigenvalue weighted by Gasteiger charge is 2.15. The van der Waals surface area contributed by atoms with Gasteiger partial charge in [-0.15, -0.1) is 10.2 Å². The molecule has 2 aromatic carbocycles. The van der Waals surface area contributed by atoms with E-state index in [-0.39, 0.29) is 5.82 Å².